The summed E-state index contributed by atoms with van der Waals surface area (Å²) in [5.41, 5.74) is 3.64. The highest BCUT2D eigenvalue weighted by molar-refractivity contribution is 8.18. The molecule has 0 aliphatic carbocycles. The van der Waals surface area contributed by atoms with Crippen molar-refractivity contribution in [3.8, 4) is 0 Å². The average molecular weight is 510 g/mol. The van der Waals surface area contributed by atoms with Crippen LogP contribution in [0.3, 0.4) is 0 Å². The van der Waals surface area contributed by atoms with Crippen LogP contribution >= 0.6 is 23.4 Å². The molecule has 182 valence electrons. The first kappa shape index (κ1) is 25.1. The third kappa shape index (κ3) is 5.02. The van der Waals surface area contributed by atoms with Gasteiger partial charge in [-0.05, 0) is 55.3 Å². The molecule has 35 heavy (non-hydrogen) atoms. The molecule has 0 N–H and O–H groups in total. The summed E-state index contributed by atoms with van der Waals surface area (Å²) in [4.78, 5) is 42.1. The van der Waals surface area contributed by atoms with Crippen LogP contribution in [0.1, 0.15) is 37.5 Å². The van der Waals surface area contributed by atoms with E-state index in [2.05, 4.69) is 13.0 Å². The number of aromatic nitrogens is 1. The fourth-order valence-corrected chi connectivity index (χ4v) is 5.41. The Morgan fingerprint density at radius 3 is 2.43 bits per heavy atom. The van der Waals surface area contributed by atoms with Crippen molar-refractivity contribution in [3.05, 3.63) is 75.3 Å². The largest absolute Gasteiger partial charge is 0.342 e. The van der Waals surface area contributed by atoms with Gasteiger partial charge in [-0.2, -0.15) is 0 Å². The number of carbonyl (C=O) groups excluding carboxylic acids is 3. The number of amides is 3. The van der Waals surface area contributed by atoms with Crippen molar-refractivity contribution in [1.29, 1.82) is 0 Å². The van der Waals surface area contributed by atoms with Gasteiger partial charge < -0.3 is 9.47 Å². The molecular weight excluding hydrogens is 482 g/mol. The van der Waals surface area contributed by atoms with E-state index in [1.54, 1.807) is 17.0 Å². The Balaban J connectivity index is 1.70. The lowest BCUT2D eigenvalue weighted by Crippen LogP contribution is -2.33. The summed E-state index contributed by atoms with van der Waals surface area (Å²) in [6, 6.07) is 13.2. The standard InChI is InChI=1S/C27H28ClN3O3S/c1-4-18-11-9-12-21-20(15-30(25(18)21)17-24(32)29(5-2)6-3)14-23-26(33)31(27(34)35-23)16-19-10-7-8-13-22(19)28/h7-15H,4-6,16-17H2,1-3H3/b23-14-. The lowest BCUT2D eigenvalue weighted by atomic mass is 10.1. The van der Waals surface area contributed by atoms with E-state index >= 15 is 0 Å². The maximum Gasteiger partial charge on any atom is 0.293 e. The molecule has 0 bridgehead atoms. The molecule has 0 atom stereocenters. The third-order valence-corrected chi connectivity index (χ3v) is 7.54. The number of fused-ring (bicyclic) bond motifs is 1. The smallest absolute Gasteiger partial charge is 0.293 e. The lowest BCUT2D eigenvalue weighted by Gasteiger charge is -2.19. The Kier molecular flexibility index (Phi) is 7.67. The lowest BCUT2D eigenvalue weighted by molar-refractivity contribution is -0.131. The highest BCUT2D eigenvalue weighted by Crippen LogP contribution is 2.36. The van der Waals surface area contributed by atoms with Gasteiger partial charge >= 0.3 is 0 Å². The van der Waals surface area contributed by atoms with Gasteiger partial charge in [0.25, 0.3) is 11.1 Å². The van der Waals surface area contributed by atoms with Gasteiger partial charge in [0.15, 0.2) is 0 Å². The Morgan fingerprint density at radius 1 is 1.03 bits per heavy atom. The third-order valence-electron chi connectivity index (χ3n) is 6.26. The molecule has 1 aliphatic rings. The average Bonchev–Trinajstić information content (AvgIpc) is 3.33. The van der Waals surface area contributed by atoms with Crippen LogP contribution in [0.5, 0.6) is 0 Å². The van der Waals surface area contributed by atoms with Crippen molar-refractivity contribution in [1.82, 2.24) is 14.4 Å². The zero-order valence-electron chi connectivity index (χ0n) is 20.1. The van der Waals surface area contributed by atoms with E-state index in [9.17, 15) is 14.4 Å². The molecule has 4 rings (SSSR count). The number of hydrogen-bond acceptors (Lipinski definition) is 4. The van der Waals surface area contributed by atoms with E-state index in [-0.39, 0.29) is 30.1 Å². The minimum atomic E-state index is -0.341. The van der Waals surface area contributed by atoms with E-state index in [1.165, 1.54) is 4.90 Å². The number of rotatable bonds is 8. The topological polar surface area (TPSA) is 62.6 Å². The summed E-state index contributed by atoms with van der Waals surface area (Å²) in [6.45, 7) is 7.67. The van der Waals surface area contributed by atoms with E-state index in [0.29, 0.717) is 23.0 Å². The van der Waals surface area contributed by atoms with Gasteiger partial charge in [0.05, 0.1) is 17.0 Å². The van der Waals surface area contributed by atoms with Gasteiger partial charge in [-0.1, -0.05) is 54.9 Å². The summed E-state index contributed by atoms with van der Waals surface area (Å²) in [5.74, 6) is -0.295. The van der Waals surface area contributed by atoms with Gasteiger partial charge in [-0.15, -0.1) is 0 Å². The van der Waals surface area contributed by atoms with Crippen LogP contribution in [0.25, 0.3) is 17.0 Å². The second kappa shape index (κ2) is 10.7. The molecule has 1 aliphatic heterocycles. The van der Waals surface area contributed by atoms with Crippen molar-refractivity contribution in [2.45, 2.75) is 40.3 Å². The molecule has 8 heteroatoms. The second-order valence-electron chi connectivity index (χ2n) is 8.30. The van der Waals surface area contributed by atoms with Crippen LogP contribution in [0, 0.1) is 0 Å². The predicted molar refractivity (Wildman–Crippen MR) is 142 cm³/mol. The molecule has 0 radical (unpaired) electrons. The molecule has 2 heterocycles. The fraction of sp³-hybridized carbons (Fsp3) is 0.296. The Labute approximate surface area is 214 Å². The van der Waals surface area contributed by atoms with Crippen molar-refractivity contribution >= 4 is 57.4 Å². The highest BCUT2D eigenvalue weighted by atomic mass is 35.5. The molecule has 3 aromatic rings. The maximum absolute atomic E-state index is 13.2. The van der Waals surface area contributed by atoms with Crippen molar-refractivity contribution in [3.63, 3.8) is 0 Å². The summed E-state index contributed by atoms with van der Waals surface area (Å²) in [5, 5.41) is 1.15. The molecular formula is C27H28ClN3O3S. The number of imide groups is 1. The summed E-state index contributed by atoms with van der Waals surface area (Å²) in [6.07, 6.45) is 4.49. The van der Waals surface area contributed by atoms with Gasteiger partial charge in [0, 0.05) is 35.3 Å². The van der Waals surface area contributed by atoms with Crippen molar-refractivity contribution in [2.24, 2.45) is 0 Å². The number of thioether (sulfide) groups is 1. The minimum absolute atomic E-state index is 0.0458. The maximum atomic E-state index is 13.2. The molecule has 1 saturated heterocycles. The summed E-state index contributed by atoms with van der Waals surface area (Å²) in [7, 11) is 0. The molecule has 0 unspecified atom stereocenters. The van der Waals surface area contributed by atoms with E-state index < -0.39 is 0 Å². The number of halogens is 1. The van der Waals surface area contributed by atoms with Crippen LogP contribution in [0.15, 0.2) is 53.6 Å². The van der Waals surface area contributed by atoms with E-state index in [1.807, 2.05) is 54.9 Å². The zero-order valence-corrected chi connectivity index (χ0v) is 21.7. The first-order valence-corrected chi connectivity index (χ1v) is 12.9. The van der Waals surface area contributed by atoms with Gasteiger partial charge in [0.1, 0.15) is 6.54 Å². The minimum Gasteiger partial charge on any atom is -0.342 e. The van der Waals surface area contributed by atoms with E-state index in [0.717, 1.165) is 45.8 Å². The van der Waals surface area contributed by atoms with Crippen LogP contribution in [0.4, 0.5) is 4.79 Å². The molecule has 1 aromatic heterocycles. The highest BCUT2D eigenvalue weighted by Gasteiger charge is 2.35. The van der Waals surface area contributed by atoms with Crippen LogP contribution < -0.4 is 0 Å². The number of para-hydroxylation sites is 1. The number of benzene rings is 2. The normalized spacial score (nSPS) is 15.0. The molecule has 2 aromatic carbocycles. The monoisotopic (exact) mass is 509 g/mol. The fourth-order valence-electron chi connectivity index (χ4n) is 4.39. The Morgan fingerprint density at radius 2 is 1.74 bits per heavy atom. The number of carbonyl (C=O) groups is 3. The summed E-state index contributed by atoms with van der Waals surface area (Å²) < 4.78 is 1.97. The molecule has 0 spiro atoms. The SMILES string of the molecule is CCc1cccc2c(/C=C3\SC(=O)N(Cc4ccccc4Cl)C3=O)cn(CC(=O)N(CC)CC)c12. The number of likely N-dealkylation sites (N-methyl/N-ethyl adjacent to an activating group) is 1. The zero-order chi connectivity index (χ0) is 25.1. The van der Waals surface area contributed by atoms with Gasteiger partial charge in [-0.3, -0.25) is 19.3 Å². The quantitative estimate of drug-likeness (QED) is 0.351. The van der Waals surface area contributed by atoms with Crippen molar-refractivity contribution in [2.75, 3.05) is 13.1 Å². The van der Waals surface area contributed by atoms with Gasteiger partial charge in [0.2, 0.25) is 5.91 Å². The Hall–Kier alpha value is -3.03. The molecule has 3 amide bonds. The van der Waals surface area contributed by atoms with Crippen molar-refractivity contribution < 1.29 is 14.4 Å². The number of hydrogen-bond donors (Lipinski definition) is 0. The molecule has 6 nitrogen and oxygen atoms in total. The van der Waals surface area contributed by atoms with Crippen LogP contribution in [-0.4, -0.2) is 44.5 Å². The first-order chi connectivity index (χ1) is 16.9. The molecule has 1 fully saturated rings. The number of aryl methyl sites for hydroxylation is 1. The molecule has 0 saturated carbocycles. The number of nitrogens with zero attached hydrogens (tertiary/aromatic N) is 3. The van der Waals surface area contributed by atoms with Crippen LogP contribution in [0.2, 0.25) is 5.02 Å². The van der Waals surface area contributed by atoms with E-state index in [4.69, 9.17) is 11.6 Å². The predicted octanol–water partition coefficient (Wildman–Crippen LogP) is 5.96. The first-order valence-electron chi connectivity index (χ1n) is 11.7. The van der Waals surface area contributed by atoms with Crippen LogP contribution in [-0.2, 0) is 29.1 Å². The Bertz CT molecular complexity index is 1330. The summed E-state index contributed by atoms with van der Waals surface area (Å²) >= 11 is 7.17. The van der Waals surface area contributed by atoms with Gasteiger partial charge in [-0.25, -0.2) is 0 Å². The second-order valence-corrected chi connectivity index (χ2v) is 9.70.